The molecule has 1 atom stereocenters. The smallest absolute Gasteiger partial charge is 0.274 e. The fourth-order valence-electron chi connectivity index (χ4n) is 2.52. The van der Waals surface area contributed by atoms with Gasteiger partial charge in [0.2, 0.25) is 0 Å². The molecule has 3 rings (SSSR count). The van der Waals surface area contributed by atoms with Gasteiger partial charge in [0.05, 0.1) is 12.2 Å². The van der Waals surface area contributed by atoms with Gasteiger partial charge in [-0.25, -0.2) is 4.98 Å². The van der Waals surface area contributed by atoms with Crippen molar-refractivity contribution in [1.82, 2.24) is 20.2 Å². The first kappa shape index (κ1) is 19.6. The highest BCUT2D eigenvalue weighted by atomic mass is 35.5. The molecule has 0 spiro atoms. The Morgan fingerprint density at radius 1 is 1.30 bits per heavy atom. The van der Waals surface area contributed by atoms with Crippen molar-refractivity contribution in [3.63, 3.8) is 0 Å². The van der Waals surface area contributed by atoms with Crippen LogP contribution in [0, 0.1) is 0 Å². The minimum absolute atomic E-state index is 0. The number of halogens is 3. The van der Waals surface area contributed by atoms with Crippen LogP contribution < -0.4 is 5.32 Å². The number of hydrogen-bond donors (Lipinski definition) is 1. The van der Waals surface area contributed by atoms with Crippen molar-refractivity contribution < 1.29 is 4.79 Å². The van der Waals surface area contributed by atoms with Crippen LogP contribution in [0.5, 0.6) is 0 Å². The van der Waals surface area contributed by atoms with Crippen LogP contribution in [0.25, 0.3) is 0 Å². The largest absolute Gasteiger partial charge is 0.328 e. The highest BCUT2D eigenvalue weighted by Gasteiger charge is 2.29. The number of rotatable bonds is 2. The second-order valence-electron chi connectivity index (χ2n) is 4.86. The summed E-state index contributed by atoms with van der Waals surface area (Å²) in [6.45, 7) is 2.10. The zero-order valence-electron chi connectivity index (χ0n) is 12.2. The molecule has 5 nitrogen and oxygen atoms in total. The van der Waals surface area contributed by atoms with Crippen molar-refractivity contribution in [2.75, 3.05) is 19.6 Å². The summed E-state index contributed by atoms with van der Waals surface area (Å²) >= 11 is 6.06. The molecule has 0 saturated carbocycles. The molecule has 1 unspecified atom stereocenters. The van der Waals surface area contributed by atoms with Gasteiger partial charge in [0.1, 0.15) is 5.69 Å². The van der Waals surface area contributed by atoms with E-state index < -0.39 is 0 Å². The molecule has 1 saturated heterocycles. The van der Waals surface area contributed by atoms with E-state index in [1.54, 1.807) is 6.20 Å². The third kappa shape index (κ3) is 4.54. The molecule has 1 amide bonds. The Morgan fingerprint density at radius 3 is 2.83 bits per heavy atom. The first-order valence-electron chi connectivity index (χ1n) is 6.79. The molecular weight excluding hydrogens is 359 g/mol. The number of nitrogens with one attached hydrogen (secondary N) is 1. The Kier molecular flexibility index (Phi) is 7.72. The van der Waals surface area contributed by atoms with Crippen LogP contribution in [0.4, 0.5) is 0 Å². The molecule has 1 aliphatic heterocycles. The van der Waals surface area contributed by atoms with Crippen molar-refractivity contribution in [3.8, 4) is 0 Å². The predicted octanol–water partition coefficient (Wildman–Crippen LogP) is 2.76. The van der Waals surface area contributed by atoms with Gasteiger partial charge >= 0.3 is 0 Å². The lowest BCUT2D eigenvalue weighted by molar-refractivity contribution is 0.0627. The number of amides is 1. The fourth-order valence-corrected chi connectivity index (χ4v) is 2.71. The SMILES string of the molecule is Cl.Cl.O=C(c1cnccn1)N1CCNCC1c1cccc(Cl)c1. The number of benzene rings is 1. The van der Waals surface area contributed by atoms with E-state index in [9.17, 15) is 4.79 Å². The molecule has 0 bridgehead atoms. The summed E-state index contributed by atoms with van der Waals surface area (Å²) in [5, 5.41) is 3.99. The highest BCUT2D eigenvalue weighted by molar-refractivity contribution is 6.30. The standard InChI is InChI=1S/C15H15ClN4O.2ClH/c16-12-3-1-2-11(8-12)14-10-18-6-7-20(14)15(21)13-9-17-4-5-19-13;;/h1-5,8-9,14,18H,6-7,10H2;2*1H. The number of piperazine rings is 1. The second-order valence-corrected chi connectivity index (χ2v) is 5.30. The van der Waals surface area contributed by atoms with Crippen LogP contribution in [0.1, 0.15) is 22.1 Å². The summed E-state index contributed by atoms with van der Waals surface area (Å²) in [5.41, 5.74) is 1.39. The Labute approximate surface area is 152 Å². The monoisotopic (exact) mass is 374 g/mol. The van der Waals surface area contributed by atoms with Crippen LogP contribution >= 0.6 is 36.4 Å². The van der Waals surface area contributed by atoms with E-state index >= 15 is 0 Å². The summed E-state index contributed by atoms with van der Waals surface area (Å²) < 4.78 is 0. The summed E-state index contributed by atoms with van der Waals surface area (Å²) in [6.07, 6.45) is 4.59. The van der Waals surface area contributed by atoms with E-state index in [-0.39, 0.29) is 36.8 Å². The van der Waals surface area contributed by atoms with Crippen molar-refractivity contribution >= 4 is 42.3 Å². The minimum Gasteiger partial charge on any atom is -0.328 e. The average Bonchev–Trinajstić information content (AvgIpc) is 2.55. The second kappa shape index (κ2) is 9.03. The number of carbonyl (C=O) groups excluding carboxylic acids is 1. The van der Waals surface area contributed by atoms with Gasteiger partial charge in [-0.3, -0.25) is 9.78 Å². The van der Waals surface area contributed by atoms with Crippen LogP contribution in [0.2, 0.25) is 5.02 Å². The number of hydrogen-bond acceptors (Lipinski definition) is 4. The van der Waals surface area contributed by atoms with Crippen molar-refractivity contribution in [1.29, 1.82) is 0 Å². The van der Waals surface area contributed by atoms with E-state index in [4.69, 9.17) is 11.6 Å². The average molecular weight is 376 g/mol. The Balaban J connectivity index is 0.00000132. The van der Waals surface area contributed by atoms with Crippen molar-refractivity contribution in [2.24, 2.45) is 0 Å². The maximum Gasteiger partial charge on any atom is 0.274 e. The maximum atomic E-state index is 12.6. The zero-order chi connectivity index (χ0) is 14.7. The molecule has 8 heteroatoms. The third-order valence-electron chi connectivity index (χ3n) is 3.52. The number of nitrogens with zero attached hydrogens (tertiary/aromatic N) is 3. The van der Waals surface area contributed by atoms with Gasteiger partial charge < -0.3 is 10.2 Å². The van der Waals surface area contributed by atoms with Crippen LogP contribution in [-0.2, 0) is 0 Å². The number of aromatic nitrogens is 2. The van der Waals surface area contributed by atoms with Crippen LogP contribution in [-0.4, -0.2) is 40.4 Å². The zero-order valence-corrected chi connectivity index (χ0v) is 14.6. The lowest BCUT2D eigenvalue weighted by Crippen LogP contribution is -2.48. The summed E-state index contributed by atoms with van der Waals surface area (Å²) in [4.78, 5) is 22.5. The van der Waals surface area contributed by atoms with Gasteiger partial charge in [-0.1, -0.05) is 23.7 Å². The topological polar surface area (TPSA) is 58.1 Å². The summed E-state index contributed by atoms with van der Waals surface area (Å²) in [5.74, 6) is -0.102. The Hall–Kier alpha value is -1.40. The lowest BCUT2D eigenvalue weighted by atomic mass is 10.0. The fraction of sp³-hybridized carbons (Fsp3) is 0.267. The van der Waals surface area contributed by atoms with Crippen molar-refractivity contribution in [3.05, 3.63) is 59.1 Å². The molecule has 2 aromatic rings. The quantitative estimate of drug-likeness (QED) is 0.877. The van der Waals surface area contributed by atoms with Crippen LogP contribution in [0.3, 0.4) is 0 Å². The van der Waals surface area contributed by atoms with Gasteiger partial charge in [0.15, 0.2) is 0 Å². The molecule has 2 heterocycles. The third-order valence-corrected chi connectivity index (χ3v) is 3.76. The van der Waals surface area contributed by atoms with Gasteiger partial charge in [-0.05, 0) is 17.7 Å². The van der Waals surface area contributed by atoms with Crippen LogP contribution in [0.15, 0.2) is 42.9 Å². The lowest BCUT2D eigenvalue weighted by Gasteiger charge is -2.36. The predicted molar refractivity (Wildman–Crippen MR) is 94.6 cm³/mol. The Morgan fingerprint density at radius 2 is 2.13 bits per heavy atom. The van der Waals surface area contributed by atoms with E-state index in [0.717, 1.165) is 12.1 Å². The van der Waals surface area contributed by atoms with E-state index in [1.807, 2.05) is 29.2 Å². The van der Waals surface area contributed by atoms with E-state index in [2.05, 4.69) is 15.3 Å². The molecule has 1 aliphatic rings. The molecule has 0 aliphatic carbocycles. The normalized spacial score (nSPS) is 16.9. The first-order valence-corrected chi connectivity index (χ1v) is 7.16. The van der Waals surface area contributed by atoms with Crippen molar-refractivity contribution in [2.45, 2.75) is 6.04 Å². The molecule has 0 radical (unpaired) electrons. The summed E-state index contributed by atoms with van der Waals surface area (Å²) in [6, 6.07) is 7.57. The van der Waals surface area contributed by atoms with Gasteiger partial charge in [-0.2, -0.15) is 0 Å². The molecule has 1 aromatic carbocycles. The summed E-state index contributed by atoms with van der Waals surface area (Å²) in [7, 11) is 0. The molecule has 23 heavy (non-hydrogen) atoms. The highest BCUT2D eigenvalue weighted by Crippen LogP contribution is 2.25. The molecule has 1 N–H and O–H groups in total. The van der Waals surface area contributed by atoms with E-state index in [0.29, 0.717) is 23.8 Å². The van der Waals surface area contributed by atoms with Gasteiger partial charge in [0.25, 0.3) is 5.91 Å². The van der Waals surface area contributed by atoms with Gasteiger partial charge in [-0.15, -0.1) is 24.8 Å². The van der Waals surface area contributed by atoms with Gasteiger partial charge in [0, 0.05) is 37.1 Å². The maximum absolute atomic E-state index is 12.6. The Bertz CT molecular complexity index is 642. The molecule has 1 aromatic heterocycles. The minimum atomic E-state index is -0.102. The van der Waals surface area contributed by atoms with E-state index in [1.165, 1.54) is 12.4 Å². The first-order chi connectivity index (χ1) is 10.3. The molecular formula is C15H17Cl3N4O. The molecule has 124 valence electrons. The molecule has 1 fully saturated rings. The number of carbonyl (C=O) groups is 1.